The number of thiazole rings is 1. The molecule has 1 aromatic carbocycles. The van der Waals surface area contributed by atoms with Gasteiger partial charge >= 0.3 is 0 Å². The second kappa shape index (κ2) is 5.43. The average molecular weight is 272 g/mol. The third-order valence-corrected chi connectivity index (χ3v) is 5.08. The highest BCUT2D eigenvalue weighted by Crippen LogP contribution is 2.33. The molecule has 0 saturated carbocycles. The van der Waals surface area contributed by atoms with E-state index in [2.05, 4.69) is 36.5 Å². The highest BCUT2D eigenvalue weighted by atomic mass is 32.1. The van der Waals surface area contributed by atoms with Crippen LogP contribution in [0.4, 0.5) is 0 Å². The topological polar surface area (TPSA) is 24.9 Å². The van der Waals surface area contributed by atoms with Crippen molar-refractivity contribution in [1.29, 1.82) is 0 Å². The third-order valence-electron chi connectivity index (χ3n) is 3.95. The van der Waals surface area contributed by atoms with Gasteiger partial charge in [-0.3, -0.25) is 0 Å². The van der Waals surface area contributed by atoms with E-state index < -0.39 is 0 Å². The molecule has 19 heavy (non-hydrogen) atoms. The molecule has 0 fully saturated rings. The van der Waals surface area contributed by atoms with Crippen molar-refractivity contribution in [3.63, 3.8) is 0 Å². The van der Waals surface area contributed by atoms with E-state index in [-0.39, 0.29) is 0 Å². The molecular formula is C16H20N2S. The summed E-state index contributed by atoms with van der Waals surface area (Å²) < 4.78 is 0. The van der Waals surface area contributed by atoms with Gasteiger partial charge in [-0.15, -0.1) is 11.3 Å². The average Bonchev–Trinajstić information content (AvgIpc) is 2.83. The fourth-order valence-electron chi connectivity index (χ4n) is 2.80. The fourth-order valence-corrected chi connectivity index (χ4v) is 3.99. The Labute approximate surface area is 118 Å². The molecule has 1 N–H and O–H groups in total. The van der Waals surface area contributed by atoms with E-state index in [1.165, 1.54) is 46.0 Å². The first-order chi connectivity index (χ1) is 9.28. The van der Waals surface area contributed by atoms with Crippen LogP contribution in [-0.4, -0.2) is 12.0 Å². The van der Waals surface area contributed by atoms with Gasteiger partial charge in [0.05, 0.1) is 16.7 Å². The summed E-state index contributed by atoms with van der Waals surface area (Å²) in [6, 6.07) is 9.07. The Balaban J connectivity index is 1.87. The summed E-state index contributed by atoms with van der Waals surface area (Å²) in [7, 11) is 2.04. The standard InChI is InChI=1S/C16H20N2S/c1-11-6-3-4-7-12(11)10-15-18-16-13(17-2)8-5-9-14(16)19-15/h3-4,6-7,13,17H,5,8-10H2,1-2H3. The minimum atomic E-state index is 0.464. The maximum Gasteiger partial charge on any atom is 0.0975 e. The summed E-state index contributed by atoms with van der Waals surface area (Å²) >= 11 is 1.91. The summed E-state index contributed by atoms with van der Waals surface area (Å²) in [5, 5.41) is 4.66. The van der Waals surface area contributed by atoms with Gasteiger partial charge in [0.15, 0.2) is 0 Å². The van der Waals surface area contributed by atoms with Crippen molar-refractivity contribution >= 4 is 11.3 Å². The largest absolute Gasteiger partial charge is 0.312 e. The summed E-state index contributed by atoms with van der Waals surface area (Å²) in [4.78, 5) is 6.39. The van der Waals surface area contributed by atoms with Crippen LogP contribution in [-0.2, 0) is 12.8 Å². The van der Waals surface area contributed by atoms with Gasteiger partial charge in [0.2, 0.25) is 0 Å². The number of hydrogen-bond donors (Lipinski definition) is 1. The number of rotatable bonds is 3. The number of benzene rings is 1. The summed E-state index contributed by atoms with van der Waals surface area (Å²) in [5.74, 6) is 0. The van der Waals surface area contributed by atoms with Gasteiger partial charge in [0, 0.05) is 11.3 Å². The van der Waals surface area contributed by atoms with Gasteiger partial charge in [-0.1, -0.05) is 24.3 Å². The lowest BCUT2D eigenvalue weighted by Gasteiger charge is -2.19. The van der Waals surface area contributed by atoms with Crippen LogP contribution >= 0.6 is 11.3 Å². The van der Waals surface area contributed by atoms with Crippen molar-refractivity contribution < 1.29 is 0 Å². The van der Waals surface area contributed by atoms with Crippen LogP contribution in [0, 0.1) is 6.92 Å². The number of nitrogens with one attached hydrogen (secondary N) is 1. The molecule has 1 unspecified atom stereocenters. The van der Waals surface area contributed by atoms with Crippen molar-refractivity contribution in [2.45, 2.75) is 38.6 Å². The lowest BCUT2D eigenvalue weighted by Crippen LogP contribution is -2.21. The zero-order chi connectivity index (χ0) is 13.2. The van der Waals surface area contributed by atoms with Gasteiger partial charge in [0.25, 0.3) is 0 Å². The fraction of sp³-hybridized carbons (Fsp3) is 0.438. The molecule has 0 amide bonds. The van der Waals surface area contributed by atoms with E-state index in [1.54, 1.807) is 0 Å². The number of hydrogen-bond acceptors (Lipinski definition) is 3. The number of aromatic nitrogens is 1. The smallest absolute Gasteiger partial charge is 0.0975 e. The minimum absolute atomic E-state index is 0.464. The normalized spacial score (nSPS) is 18.3. The second-order valence-corrected chi connectivity index (χ2v) is 6.42. The Morgan fingerprint density at radius 2 is 2.21 bits per heavy atom. The highest BCUT2D eigenvalue weighted by molar-refractivity contribution is 7.11. The molecule has 100 valence electrons. The zero-order valence-electron chi connectivity index (χ0n) is 11.6. The summed E-state index contributed by atoms with van der Waals surface area (Å²) in [6.07, 6.45) is 4.68. The maximum absolute atomic E-state index is 4.90. The summed E-state index contributed by atoms with van der Waals surface area (Å²) in [6.45, 7) is 2.18. The SMILES string of the molecule is CNC1CCCc2sc(Cc3ccccc3C)nc21. The summed E-state index contributed by atoms with van der Waals surface area (Å²) in [5.41, 5.74) is 4.07. The molecule has 3 heteroatoms. The molecule has 0 radical (unpaired) electrons. The molecule has 0 aliphatic heterocycles. The Hall–Kier alpha value is -1.19. The van der Waals surface area contributed by atoms with Gasteiger partial charge in [0.1, 0.15) is 0 Å². The quantitative estimate of drug-likeness (QED) is 0.922. The minimum Gasteiger partial charge on any atom is -0.312 e. The maximum atomic E-state index is 4.90. The van der Waals surface area contributed by atoms with Crippen molar-refractivity contribution in [3.8, 4) is 0 Å². The molecule has 2 aromatic rings. The van der Waals surface area contributed by atoms with Gasteiger partial charge in [-0.2, -0.15) is 0 Å². The van der Waals surface area contributed by atoms with E-state index in [0.29, 0.717) is 6.04 Å². The Bertz CT molecular complexity index is 574. The molecule has 2 nitrogen and oxygen atoms in total. The van der Waals surface area contributed by atoms with E-state index in [0.717, 1.165) is 6.42 Å². The first-order valence-corrected chi connectivity index (χ1v) is 7.80. The van der Waals surface area contributed by atoms with Crippen molar-refractivity contribution in [1.82, 2.24) is 10.3 Å². The lowest BCUT2D eigenvalue weighted by atomic mass is 9.98. The van der Waals surface area contributed by atoms with E-state index in [9.17, 15) is 0 Å². The molecule has 0 bridgehead atoms. The number of fused-ring (bicyclic) bond motifs is 1. The first kappa shape index (κ1) is 12.8. The van der Waals surface area contributed by atoms with Gasteiger partial charge in [-0.05, 0) is 44.4 Å². The predicted octanol–water partition coefficient (Wildman–Crippen LogP) is 3.64. The highest BCUT2D eigenvalue weighted by Gasteiger charge is 2.23. The van der Waals surface area contributed by atoms with Gasteiger partial charge in [-0.25, -0.2) is 4.98 Å². The molecule has 1 aromatic heterocycles. The van der Waals surface area contributed by atoms with Gasteiger partial charge < -0.3 is 5.32 Å². The molecule has 0 saturated heterocycles. The molecular weight excluding hydrogens is 252 g/mol. The van der Waals surface area contributed by atoms with Crippen molar-refractivity contribution in [3.05, 3.63) is 51.0 Å². The van der Waals surface area contributed by atoms with Crippen LogP contribution in [0.5, 0.6) is 0 Å². The van der Waals surface area contributed by atoms with Crippen LogP contribution in [0.2, 0.25) is 0 Å². The Morgan fingerprint density at radius 3 is 3.00 bits per heavy atom. The third kappa shape index (κ3) is 2.58. The number of nitrogens with zero attached hydrogens (tertiary/aromatic N) is 1. The molecule has 1 atom stereocenters. The van der Waals surface area contributed by atoms with Crippen LogP contribution in [0.15, 0.2) is 24.3 Å². The molecule has 1 heterocycles. The van der Waals surface area contributed by atoms with E-state index in [4.69, 9.17) is 4.98 Å². The first-order valence-electron chi connectivity index (χ1n) is 6.98. The Kier molecular flexibility index (Phi) is 3.67. The van der Waals surface area contributed by atoms with Crippen molar-refractivity contribution in [2.75, 3.05) is 7.05 Å². The second-order valence-electron chi connectivity index (χ2n) is 5.25. The van der Waals surface area contributed by atoms with Crippen LogP contribution in [0.25, 0.3) is 0 Å². The molecule has 0 spiro atoms. The Morgan fingerprint density at radius 1 is 1.37 bits per heavy atom. The predicted molar refractivity (Wildman–Crippen MR) is 80.8 cm³/mol. The van der Waals surface area contributed by atoms with Crippen molar-refractivity contribution in [2.24, 2.45) is 0 Å². The molecule has 1 aliphatic rings. The molecule has 3 rings (SSSR count). The number of aryl methyl sites for hydroxylation is 2. The van der Waals surface area contributed by atoms with Crippen LogP contribution in [0.3, 0.4) is 0 Å². The zero-order valence-corrected chi connectivity index (χ0v) is 12.4. The van der Waals surface area contributed by atoms with Crippen LogP contribution in [0.1, 0.15) is 45.6 Å². The van der Waals surface area contributed by atoms with E-state index >= 15 is 0 Å². The molecule has 1 aliphatic carbocycles. The van der Waals surface area contributed by atoms with E-state index in [1.807, 2.05) is 18.4 Å². The van der Waals surface area contributed by atoms with Crippen LogP contribution < -0.4 is 5.32 Å². The lowest BCUT2D eigenvalue weighted by molar-refractivity contribution is 0.489. The monoisotopic (exact) mass is 272 g/mol.